The van der Waals surface area contributed by atoms with E-state index < -0.39 is 17.6 Å². The van der Waals surface area contributed by atoms with Gasteiger partial charge >= 0.3 is 6.18 Å². The monoisotopic (exact) mass is 245 g/mol. The number of carbonyl (C=O) groups excluding carboxylic acids is 1. The molecule has 0 fully saturated rings. The minimum Gasteiger partial charge on any atom is -0.337 e. The molecule has 0 N–H and O–H groups in total. The van der Waals surface area contributed by atoms with Gasteiger partial charge in [-0.3, -0.25) is 4.79 Å². The van der Waals surface area contributed by atoms with E-state index in [9.17, 15) is 18.0 Å². The maximum Gasteiger partial charge on any atom is 0.417 e. The predicted octanol–water partition coefficient (Wildman–Crippen LogP) is 3.32. The highest BCUT2D eigenvalue weighted by molar-refractivity contribution is 5.99. The van der Waals surface area contributed by atoms with Crippen molar-refractivity contribution in [3.05, 3.63) is 34.9 Å². The van der Waals surface area contributed by atoms with Crippen LogP contribution in [-0.4, -0.2) is 17.9 Å². The van der Waals surface area contributed by atoms with Gasteiger partial charge in [0.25, 0.3) is 5.91 Å². The van der Waals surface area contributed by atoms with Gasteiger partial charge in [0.15, 0.2) is 0 Å². The standard InChI is InChI=1S/C10H8F3NO.C2H6/c1-14-5-6-3-2-4-7(10(11,12)13)8(6)9(14)15;1-2/h2-4H,5H2,1H3;1-2H3. The Morgan fingerprint density at radius 3 is 2.35 bits per heavy atom. The van der Waals surface area contributed by atoms with Gasteiger partial charge in [-0.25, -0.2) is 0 Å². The molecule has 1 amide bonds. The van der Waals surface area contributed by atoms with Gasteiger partial charge in [0.1, 0.15) is 0 Å². The van der Waals surface area contributed by atoms with Crippen LogP contribution in [0, 0.1) is 0 Å². The maximum absolute atomic E-state index is 12.6. The first-order valence-corrected chi connectivity index (χ1v) is 5.36. The molecule has 0 spiro atoms. The highest BCUT2D eigenvalue weighted by atomic mass is 19.4. The Labute approximate surface area is 98.0 Å². The normalized spacial score (nSPS) is 14.2. The number of hydrogen-bond acceptors (Lipinski definition) is 1. The molecule has 0 aliphatic carbocycles. The van der Waals surface area contributed by atoms with E-state index in [0.717, 1.165) is 6.07 Å². The van der Waals surface area contributed by atoms with E-state index >= 15 is 0 Å². The van der Waals surface area contributed by atoms with Gasteiger partial charge in [-0.1, -0.05) is 26.0 Å². The molecule has 1 aliphatic heterocycles. The van der Waals surface area contributed by atoms with Crippen LogP contribution in [0.2, 0.25) is 0 Å². The molecule has 1 aliphatic rings. The summed E-state index contributed by atoms with van der Waals surface area (Å²) in [5, 5.41) is 0. The van der Waals surface area contributed by atoms with Crippen LogP contribution in [0.3, 0.4) is 0 Å². The van der Waals surface area contributed by atoms with Crippen molar-refractivity contribution in [2.45, 2.75) is 26.6 Å². The first kappa shape index (κ1) is 13.5. The van der Waals surface area contributed by atoms with Crippen molar-refractivity contribution in [1.82, 2.24) is 4.90 Å². The SMILES string of the molecule is CC.CN1Cc2cccc(C(F)(F)F)c2C1=O. The van der Waals surface area contributed by atoms with Crippen LogP contribution in [0.1, 0.15) is 35.3 Å². The van der Waals surface area contributed by atoms with Crippen LogP contribution in [0.5, 0.6) is 0 Å². The highest BCUT2D eigenvalue weighted by Gasteiger charge is 2.39. The quantitative estimate of drug-likeness (QED) is 0.686. The zero-order valence-corrected chi connectivity index (χ0v) is 9.93. The molecule has 0 saturated carbocycles. The molecule has 0 atom stereocenters. The second-order valence-electron chi connectivity index (χ2n) is 3.50. The van der Waals surface area contributed by atoms with Crippen molar-refractivity contribution in [2.75, 3.05) is 7.05 Å². The lowest BCUT2D eigenvalue weighted by molar-refractivity contribution is -0.137. The van der Waals surface area contributed by atoms with E-state index in [4.69, 9.17) is 0 Å². The van der Waals surface area contributed by atoms with Gasteiger partial charge in [-0.2, -0.15) is 13.2 Å². The van der Waals surface area contributed by atoms with Crippen LogP contribution in [-0.2, 0) is 12.7 Å². The third-order valence-electron chi connectivity index (χ3n) is 2.42. The van der Waals surface area contributed by atoms with Gasteiger partial charge in [-0.05, 0) is 11.6 Å². The minimum atomic E-state index is -4.47. The molecule has 0 aromatic heterocycles. The topological polar surface area (TPSA) is 20.3 Å². The summed E-state index contributed by atoms with van der Waals surface area (Å²) in [6, 6.07) is 3.82. The smallest absolute Gasteiger partial charge is 0.337 e. The summed E-state index contributed by atoms with van der Waals surface area (Å²) < 4.78 is 37.7. The van der Waals surface area contributed by atoms with E-state index in [0.29, 0.717) is 5.56 Å². The molecule has 1 aromatic carbocycles. The fourth-order valence-corrected chi connectivity index (χ4v) is 1.74. The number of hydrogen-bond donors (Lipinski definition) is 0. The second-order valence-corrected chi connectivity index (χ2v) is 3.50. The molecule has 1 aromatic rings. The lowest BCUT2D eigenvalue weighted by atomic mass is 10.0. The average molecular weight is 245 g/mol. The van der Waals surface area contributed by atoms with E-state index in [1.165, 1.54) is 18.0 Å². The fourth-order valence-electron chi connectivity index (χ4n) is 1.74. The Morgan fingerprint density at radius 2 is 1.82 bits per heavy atom. The minimum absolute atomic E-state index is 0.201. The number of fused-ring (bicyclic) bond motifs is 1. The lowest BCUT2D eigenvalue weighted by Crippen LogP contribution is -2.20. The van der Waals surface area contributed by atoms with Gasteiger partial charge in [0.05, 0.1) is 11.1 Å². The van der Waals surface area contributed by atoms with Crippen LogP contribution >= 0.6 is 0 Å². The Hall–Kier alpha value is -1.52. The van der Waals surface area contributed by atoms with Gasteiger partial charge in [-0.15, -0.1) is 0 Å². The van der Waals surface area contributed by atoms with Crippen molar-refractivity contribution in [3.63, 3.8) is 0 Å². The number of alkyl halides is 3. The molecule has 2 nitrogen and oxygen atoms in total. The first-order chi connectivity index (χ1) is 7.91. The fraction of sp³-hybridized carbons (Fsp3) is 0.417. The molecule has 2 rings (SSSR count). The van der Waals surface area contributed by atoms with Gasteiger partial charge in [0, 0.05) is 13.6 Å². The third-order valence-corrected chi connectivity index (χ3v) is 2.42. The summed E-state index contributed by atoms with van der Waals surface area (Å²) in [4.78, 5) is 12.8. The molecule has 17 heavy (non-hydrogen) atoms. The Morgan fingerprint density at radius 1 is 1.24 bits per heavy atom. The van der Waals surface area contributed by atoms with E-state index in [2.05, 4.69) is 0 Å². The largest absolute Gasteiger partial charge is 0.417 e. The summed E-state index contributed by atoms with van der Waals surface area (Å²) in [6.45, 7) is 4.25. The Kier molecular flexibility index (Phi) is 3.80. The van der Waals surface area contributed by atoms with Crippen molar-refractivity contribution < 1.29 is 18.0 Å². The number of carbonyl (C=O) groups is 1. The molecule has 5 heteroatoms. The summed E-state index contributed by atoms with van der Waals surface area (Å²) >= 11 is 0. The van der Waals surface area contributed by atoms with Crippen molar-refractivity contribution in [1.29, 1.82) is 0 Å². The summed E-state index contributed by atoms with van der Waals surface area (Å²) in [5.41, 5.74) is -0.598. The van der Waals surface area contributed by atoms with Gasteiger partial charge in [0.2, 0.25) is 0 Å². The Balaban J connectivity index is 0.000000686. The zero-order valence-electron chi connectivity index (χ0n) is 9.93. The molecule has 0 radical (unpaired) electrons. The molecule has 0 unspecified atom stereocenters. The molecular formula is C12H14F3NO. The Bertz CT molecular complexity index is 426. The summed E-state index contributed by atoms with van der Waals surface area (Å²) in [7, 11) is 1.49. The molecule has 0 bridgehead atoms. The number of rotatable bonds is 0. The summed E-state index contributed by atoms with van der Waals surface area (Å²) in [5.74, 6) is -0.557. The number of halogens is 3. The van der Waals surface area contributed by atoms with Crippen molar-refractivity contribution >= 4 is 5.91 Å². The van der Waals surface area contributed by atoms with Crippen LogP contribution < -0.4 is 0 Å². The molecule has 1 heterocycles. The second kappa shape index (κ2) is 4.77. The molecular weight excluding hydrogens is 231 g/mol. The maximum atomic E-state index is 12.6. The number of amides is 1. The van der Waals surface area contributed by atoms with Crippen molar-refractivity contribution in [3.8, 4) is 0 Å². The zero-order chi connectivity index (χ0) is 13.2. The van der Waals surface area contributed by atoms with Crippen molar-refractivity contribution in [2.24, 2.45) is 0 Å². The van der Waals surface area contributed by atoms with Crippen LogP contribution in [0.15, 0.2) is 18.2 Å². The number of benzene rings is 1. The first-order valence-electron chi connectivity index (χ1n) is 5.36. The summed E-state index contributed by atoms with van der Waals surface area (Å²) in [6.07, 6.45) is -4.47. The van der Waals surface area contributed by atoms with Crippen LogP contribution in [0.25, 0.3) is 0 Å². The van der Waals surface area contributed by atoms with E-state index in [1.807, 2.05) is 13.8 Å². The van der Waals surface area contributed by atoms with E-state index in [1.54, 1.807) is 6.07 Å². The molecule has 94 valence electrons. The average Bonchev–Trinajstić information content (AvgIpc) is 2.56. The lowest BCUT2D eigenvalue weighted by Gasteiger charge is -2.10. The van der Waals surface area contributed by atoms with E-state index in [-0.39, 0.29) is 12.1 Å². The predicted molar refractivity (Wildman–Crippen MR) is 58.6 cm³/mol. The highest BCUT2D eigenvalue weighted by Crippen LogP contribution is 2.36. The molecule has 0 saturated heterocycles. The van der Waals surface area contributed by atoms with Gasteiger partial charge < -0.3 is 4.90 Å². The number of nitrogens with zero attached hydrogens (tertiary/aromatic N) is 1. The third kappa shape index (κ3) is 2.43. The van der Waals surface area contributed by atoms with Crippen LogP contribution in [0.4, 0.5) is 13.2 Å².